The molecule has 0 amide bonds. The van der Waals surface area contributed by atoms with Gasteiger partial charge in [-0.2, -0.15) is 0 Å². The van der Waals surface area contributed by atoms with Crippen molar-refractivity contribution in [3.8, 4) is 0 Å². The number of rotatable bonds is 2. The first kappa shape index (κ1) is 9.08. The lowest BCUT2D eigenvalue weighted by molar-refractivity contribution is 0.489. The van der Waals surface area contributed by atoms with E-state index in [1.165, 1.54) is 43.0 Å². The molecule has 1 saturated heterocycles. The Kier molecular flexibility index (Phi) is 2.44. The number of hydrogen-bond acceptors (Lipinski definition) is 2. The predicted octanol–water partition coefficient (Wildman–Crippen LogP) is 2.26. The summed E-state index contributed by atoms with van der Waals surface area (Å²) in [5.74, 6) is 3.16. The third-order valence-electron chi connectivity index (χ3n) is 3.59. The molecule has 78 valence electrons. The van der Waals surface area contributed by atoms with Crippen LogP contribution in [0.5, 0.6) is 0 Å². The van der Waals surface area contributed by atoms with Gasteiger partial charge < -0.3 is 5.32 Å². The summed E-state index contributed by atoms with van der Waals surface area (Å²) in [5.41, 5.74) is 0. The first-order chi connectivity index (χ1) is 6.92. The van der Waals surface area contributed by atoms with Gasteiger partial charge in [-0.25, -0.2) is 0 Å². The van der Waals surface area contributed by atoms with E-state index in [1.807, 2.05) is 11.8 Å². The van der Waals surface area contributed by atoms with Crippen LogP contribution >= 0.6 is 11.8 Å². The topological polar surface area (TPSA) is 24.4 Å². The van der Waals surface area contributed by atoms with Gasteiger partial charge in [0.2, 0.25) is 0 Å². The molecule has 2 aliphatic carbocycles. The number of aliphatic imine (C=N–C) groups is 1. The van der Waals surface area contributed by atoms with Gasteiger partial charge in [-0.15, -0.1) is 0 Å². The average molecular weight is 210 g/mol. The fraction of sp³-hybridized carbons (Fsp3) is 0.909. The molecule has 0 aromatic carbocycles. The Labute approximate surface area is 89.9 Å². The summed E-state index contributed by atoms with van der Waals surface area (Å²) in [6.45, 7) is 1.08. The minimum Gasteiger partial charge on any atom is -0.362 e. The average Bonchev–Trinajstić information content (AvgIpc) is 2.92. The summed E-state index contributed by atoms with van der Waals surface area (Å²) in [4.78, 5) is 4.67. The van der Waals surface area contributed by atoms with Gasteiger partial charge in [-0.05, 0) is 37.5 Å². The highest BCUT2D eigenvalue weighted by molar-refractivity contribution is 8.13. The minimum atomic E-state index is 0.759. The van der Waals surface area contributed by atoms with Gasteiger partial charge in [0.25, 0.3) is 0 Å². The Morgan fingerprint density at radius 2 is 2.21 bits per heavy atom. The highest BCUT2D eigenvalue weighted by atomic mass is 32.2. The minimum absolute atomic E-state index is 0.759. The van der Waals surface area contributed by atoms with Crippen molar-refractivity contribution in [1.29, 1.82) is 0 Å². The molecule has 3 fully saturated rings. The Hall–Kier alpha value is -0.180. The van der Waals surface area contributed by atoms with Crippen LogP contribution in [0.15, 0.2) is 4.99 Å². The van der Waals surface area contributed by atoms with Crippen LogP contribution in [0.3, 0.4) is 0 Å². The molecule has 1 N–H and O–H groups in total. The summed E-state index contributed by atoms with van der Waals surface area (Å²) in [6, 6.07) is 0.759. The maximum Gasteiger partial charge on any atom is 0.156 e. The molecule has 2 nitrogen and oxygen atoms in total. The van der Waals surface area contributed by atoms with Gasteiger partial charge in [0.15, 0.2) is 5.17 Å². The molecule has 3 aliphatic rings. The van der Waals surface area contributed by atoms with Gasteiger partial charge in [0, 0.05) is 18.3 Å². The molecule has 2 unspecified atom stereocenters. The molecule has 3 heteroatoms. The summed E-state index contributed by atoms with van der Waals surface area (Å²) in [5, 5.41) is 4.85. The van der Waals surface area contributed by atoms with E-state index < -0.39 is 0 Å². The van der Waals surface area contributed by atoms with Crippen LogP contribution in [0, 0.1) is 11.8 Å². The molecule has 2 saturated carbocycles. The molecule has 1 aliphatic heterocycles. The Morgan fingerprint density at radius 3 is 3.07 bits per heavy atom. The second kappa shape index (κ2) is 3.76. The monoisotopic (exact) mass is 210 g/mol. The molecule has 0 aromatic heterocycles. The van der Waals surface area contributed by atoms with Crippen molar-refractivity contribution in [3.05, 3.63) is 0 Å². The number of hydrogen-bond donors (Lipinski definition) is 1. The molecule has 2 atom stereocenters. The van der Waals surface area contributed by atoms with Gasteiger partial charge in [0.05, 0.1) is 0 Å². The first-order valence-corrected chi connectivity index (χ1v) is 6.84. The molecule has 14 heavy (non-hydrogen) atoms. The van der Waals surface area contributed by atoms with Gasteiger partial charge in [-0.1, -0.05) is 18.2 Å². The smallest absolute Gasteiger partial charge is 0.156 e. The van der Waals surface area contributed by atoms with E-state index in [2.05, 4.69) is 10.3 Å². The first-order valence-electron chi connectivity index (χ1n) is 5.85. The quantitative estimate of drug-likeness (QED) is 0.756. The number of fused-ring (bicyclic) bond motifs is 1. The third-order valence-corrected chi connectivity index (χ3v) is 4.71. The zero-order valence-corrected chi connectivity index (χ0v) is 9.35. The predicted molar refractivity (Wildman–Crippen MR) is 61.7 cm³/mol. The largest absolute Gasteiger partial charge is 0.362 e. The van der Waals surface area contributed by atoms with E-state index in [-0.39, 0.29) is 0 Å². The van der Waals surface area contributed by atoms with Crippen molar-refractivity contribution >= 4 is 16.9 Å². The highest BCUT2D eigenvalue weighted by Gasteiger charge is 2.32. The van der Waals surface area contributed by atoms with Crippen LogP contribution < -0.4 is 5.32 Å². The van der Waals surface area contributed by atoms with Crippen molar-refractivity contribution in [1.82, 2.24) is 5.32 Å². The molecule has 0 bridgehead atoms. The number of nitrogens with zero attached hydrogens (tertiary/aromatic N) is 1. The van der Waals surface area contributed by atoms with E-state index in [0.717, 1.165) is 24.4 Å². The number of nitrogens with one attached hydrogen (secondary N) is 1. The Balaban J connectivity index is 1.57. The maximum atomic E-state index is 4.67. The summed E-state index contributed by atoms with van der Waals surface area (Å²) in [6.07, 6.45) is 7.04. The van der Waals surface area contributed by atoms with Crippen LogP contribution in [0.1, 0.15) is 32.1 Å². The number of amidine groups is 1. The van der Waals surface area contributed by atoms with Crippen LogP contribution in [-0.4, -0.2) is 23.5 Å². The van der Waals surface area contributed by atoms with Gasteiger partial charge in [-0.3, -0.25) is 4.99 Å². The standard InChI is InChI=1S/C11H18N2S/c1-2-9-7-14-11(13-10(9)3-1)12-6-8-4-5-8/h8-10H,1-7H2,(H,12,13). The van der Waals surface area contributed by atoms with Crippen molar-refractivity contribution in [3.63, 3.8) is 0 Å². The fourth-order valence-corrected chi connectivity index (χ4v) is 3.59. The van der Waals surface area contributed by atoms with Gasteiger partial charge >= 0.3 is 0 Å². The third kappa shape index (κ3) is 1.92. The molecule has 0 radical (unpaired) electrons. The summed E-state index contributed by atoms with van der Waals surface area (Å²) >= 11 is 1.95. The zero-order valence-electron chi connectivity index (χ0n) is 8.54. The van der Waals surface area contributed by atoms with E-state index >= 15 is 0 Å². The molecular weight excluding hydrogens is 192 g/mol. The molecule has 0 aromatic rings. The van der Waals surface area contributed by atoms with Crippen LogP contribution in [0.4, 0.5) is 0 Å². The van der Waals surface area contributed by atoms with E-state index in [4.69, 9.17) is 0 Å². The molecule has 0 spiro atoms. The van der Waals surface area contributed by atoms with Crippen LogP contribution in [-0.2, 0) is 0 Å². The fourth-order valence-electron chi connectivity index (χ4n) is 2.42. The summed E-state index contributed by atoms with van der Waals surface area (Å²) in [7, 11) is 0. The molecular formula is C11H18N2S. The van der Waals surface area contributed by atoms with E-state index in [0.29, 0.717) is 0 Å². The molecule has 3 rings (SSSR count). The van der Waals surface area contributed by atoms with Crippen LogP contribution in [0.2, 0.25) is 0 Å². The van der Waals surface area contributed by atoms with Crippen molar-refractivity contribution < 1.29 is 0 Å². The van der Waals surface area contributed by atoms with Gasteiger partial charge in [0.1, 0.15) is 0 Å². The highest BCUT2D eigenvalue weighted by Crippen LogP contribution is 2.33. The second-order valence-electron chi connectivity index (χ2n) is 4.84. The van der Waals surface area contributed by atoms with Crippen LogP contribution in [0.25, 0.3) is 0 Å². The number of thioether (sulfide) groups is 1. The maximum absolute atomic E-state index is 4.67. The molecule has 1 heterocycles. The van der Waals surface area contributed by atoms with Crippen molar-refractivity contribution in [2.24, 2.45) is 16.8 Å². The second-order valence-corrected chi connectivity index (χ2v) is 5.85. The van der Waals surface area contributed by atoms with Crippen molar-refractivity contribution in [2.75, 3.05) is 12.3 Å². The lowest BCUT2D eigenvalue weighted by Gasteiger charge is -2.28. The lowest BCUT2D eigenvalue weighted by Crippen LogP contribution is -2.41. The zero-order chi connectivity index (χ0) is 9.38. The normalized spacial score (nSPS) is 39.6. The summed E-state index contributed by atoms with van der Waals surface area (Å²) < 4.78 is 0. The Bertz CT molecular complexity index is 248. The lowest BCUT2D eigenvalue weighted by atomic mass is 10.1. The SMILES string of the molecule is C1CC2CSC(=NCC3CC3)NC2C1. The van der Waals surface area contributed by atoms with E-state index in [9.17, 15) is 0 Å². The van der Waals surface area contributed by atoms with E-state index in [1.54, 1.807) is 0 Å². The Morgan fingerprint density at radius 1 is 1.29 bits per heavy atom. The van der Waals surface area contributed by atoms with Crippen molar-refractivity contribution in [2.45, 2.75) is 38.1 Å².